The van der Waals surface area contributed by atoms with Crippen LogP contribution in [0.15, 0.2) is 24.3 Å². The van der Waals surface area contributed by atoms with E-state index in [1.165, 1.54) is 12.8 Å². The van der Waals surface area contributed by atoms with E-state index < -0.39 is 5.41 Å². The third-order valence-corrected chi connectivity index (χ3v) is 4.38. The van der Waals surface area contributed by atoms with Crippen LogP contribution in [0.1, 0.15) is 38.5 Å². The number of hydrogen-bond donors (Lipinski definition) is 2. The van der Waals surface area contributed by atoms with E-state index in [1.54, 1.807) is 6.07 Å². The van der Waals surface area contributed by atoms with Crippen LogP contribution < -0.4 is 11.1 Å². The number of halogens is 1. The van der Waals surface area contributed by atoms with Crippen molar-refractivity contribution in [1.82, 2.24) is 0 Å². The molecular formula is C15H21ClN2O. The van der Waals surface area contributed by atoms with Gasteiger partial charge in [-0.05, 0) is 25.0 Å². The Bertz CT molecular complexity index is 440. The summed E-state index contributed by atoms with van der Waals surface area (Å²) in [6.45, 7) is 0.406. The third kappa shape index (κ3) is 3.28. The van der Waals surface area contributed by atoms with Gasteiger partial charge in [0.2, 0.25) is 5.91 Å². The molecule has 1 aliphatic rings. The Kier molecular flexibility index (Phi) is 4.83. The van der Waals surface area contributed by atoms with E-state index in [4.69, 9.17) is 17.3 Å². The molecule has 1 aromatic carbocycles. The molecule has 0 aliphatic heterocycles. The Morgan fingerprint density at radius 1 is 1.21 bits per heavy atom. The first kappa shape index (κ1) is 14.4. The number of amides is 1. The number of carbonyl (C=O) groups excluding carboxylic acids is 1. The first-order valence-corrected chi connectivity index (χ1v) is 7.32. The maximum absolute atomic E-state index is 12.6. The van der Waals surface area contributed by atoms with Gasteiger partial charge in [-0.15, -0.1) is 0 Å². The van der Waals surface area contributed by atoms with Crippen LogP contribution in [0, 0.1) is 5.41 Å². The molecule has 0 aromatic heterocycles. The zero-order chi connectivity index (χ0) is 13.7. The van der Waals surface area contributed by atoms with Gasteiger partial charge < -0.3 is 11.1 Å². The van der Waals surface area contributed by atoms with Crippen molar-refractivity contribution in [3.63, 3.8) is 0 Å². The van der Waals surface area contributed by atoms with Crippen LogP contribution in [0.2, 0.25) is 5.02 Å². The summed E-state index contributed by atoms with van der Waals surface area (Å²) in [5.41, 5.74) is 6.16. The summed E-state index contributed by atoms with van der Waals surface area (Å²) in [5, 5.41) is 3.51. The fourth-order valence-electron chi connectivity index (χ4n) is 2.75. The van der Waals surface area contributed by atoms with Gasteiger partial charge in [-0.1, -0.05) is 49.4 Å². The Balaban J connectivity index is 2.14. The number of hydrogen-bond acceptors (Lipinski definition) is 2. The highest BCUT2D eigenvalue weighted by atomic mass is 35.5. The molecule has 2 rings (SSSR count). The molecule has 19 heavy (non-hydrogen) atoms. The number of benzene rings is 1. The fraction of sp³-hybridized carbons (Fsp3) is 0.533. The van der Waals surface area contributed by atoms with E-state index in [9.17, 15) is 4.79 Å². The maximum Gasteiger partial charge on any atom is 0.231 e. The predicted molar refractivity (Wildman–Crippen MR) is 79.3 cm³/mol. The van der Waals surface area contributed by atoms with E-state index in [0.717, 1.165) is 25.7 Å². The van der Waals surface area contributed by atoms with Crippen LogP contribution in [0.4, 0.5) is 5.69 Å². The van der Waals surface area contributed by atoms with Crippen LogP contribution in [0.5, 0.6) is 0 Å². The highest BCUT2D eigenvalue weighted by Gasteiger charge is 2.37. The van der Waals surface area contributed by atoms with Gasteiger partial charge in [0.1, 0.15) is 0 Å². The van der Waals surface area contributed by atoms with Crippen LogP contribution >= 0.6 is 11.6 Å². The molecule has 0 heterocycles. The standard InChI is InChI=1S/C15H21ClN2O/c16-12-7-3-4-8-13(12)18-14(19)15(11-17)9-5-1-2-6-10-15/h3-4,7-8H,1-2,5-6,9-11,17H2,(H,18,19). The number of anilines is 1. The Morgan fingerprint density at radius 2 is 1.84 bits per heavy atom. The van der Waals surface area contributed by atoms with Crippen molar-refractivity contribution in [3.8, 4) is 0 Å². The van der Waals surface area contributed by atoms with Crippen LogP contribution in [-0.2, 0) is 4.79 Å². The molecule has 0 bridgehead atoms. The lowest BCUT2D eigenvalue weighted by Crippen LogP contribution is -2.42. The van der Waals surface area contributed by atoms with Crippen molar-refractivity contribution in [1.29, 1.82) is 0 Å². The molecule has 1 amide bonds. The third-order valence-electron chi connectivity index (χ3n) is 4.06. The second-order valence-corrected chi connectivity index (χ2v) is 5.74. The number of rotatable bonds is 3. The van der Waals surface area contributed by atoms with Crippen LogP contribution in [-0.4, -0.2) is 12.5 Å². The molecule has 0 saturated heterocycles. The number of nitrogens with one attached hydrogen (secondary N) is 1. The summed E-state index contributed by atoms with van der Waals surface area (Å²) in [4.78, 5) is 12.6. The minimum Gasteiger partial charge on any atom is -0.329 e. The average Bonchev–Trinajstić information content (AvgIpc) is 2.67. The van der Waals surface area contributed by atoms with Gasteiger partial charge in [0, 0.05) is 6.54 Å². The highest BCUT2D eigenvalue weighted by molar-refractivity contribution is 6.33. The Hall–Kier alpha value is -1.06. The number of carbonyl (C=O) groups is 1. The topological polar surface area (TPSA) is 55.1 Å². The zero-order valence-corrected chi connectivity index (χ0v) is 11.9. The SMILES string of the molecule is NCC1(C(=O)Nc2ccccc2Cl)CCCCCC1. The van der Waals surface area contributed by atoms with Gasteiger partial charge in [-0.2, -0.15) is 0 Å². The van der Waals surface area contributed by atoms with Crippen molar-refractivity contribution < 1.29 is 4.79 Å². The quantitative estimate of drug-likeness (QED) is 0.832. The summed E-state index contributed by atoms with van der Waals surface area (Å²) in [6, 6.07) is 7.31. The molecule has 1 aliphatic carbocycles. The summed E-state index contributed by atoms with van der Waals surface area (Å²) in [5.74, 6) is 0.0185. The summed E-state index contributed by atoms with van der Waals surface area (Å²) < 4.78 is 0. The van der Waals surface area contributed by atoms with Gasteiger partial charge in [0.15, 0.2) is 0 Å². The average molecular weight is 281 g/mol. The van der Waals surface area contributed by atoms with Gasteiger partial charge in [0.25, 0.3) is 0 Å². The van der Waals surface area contributed by atoms with E-state index >= 15 is 0 Å². The van der Waals surface area contributed by atoms with Gasteiger partial charge >= 0.3 is 0 Å². The molecule has 0 spiro atoms. The Labute approximate surface area is 119 Å². The van der Waals surface area contributed by atoms with Gasteiger partial charge in [0.05, 0.1) is 16.1 Å². The second kappa shape index (κ2) is 6.40. The van der Waals surface area contributed by atoms with Crippen molar-refractivity contribution >= 4 is 23.2 Å². The molecule has 0 unspecified atom stereocenters. The number of para-hydroxylation sites is 1. The van der Waals surface area contributed by atoms with Gasteiger partial charge in [-0.3, -0.25) is 4.79 Å². The summed E-state index contributed by atoms with van der Waals surface area (Å²) in [7, 11) is 0. The molecule has 4 heteroatoms. The van der Waals surface area contributed by atoms with Gasteiger partial charge in [-0.25, -0.2) is 0 Å². The van der Waals surface area contributed by atoms with E-state index in [-0.39, 0.29) is 5.91 Å². The molecule has 104 valence electrons. The molecule has 1 saturated carbocycles. The lowest BCUT2D eigenvalue weighted by atomic mass is 9.79. The van der Waals surface area contributed by atoms with Crippen LogP contribution in [0.3, 0.4) is 0 Å². The Morgan fingerprint density at radius 3 is 2.42 bits per heavy atom. The maximum atomic E-state index is 12.6. The van der Waals surface area contributed by atoms with Crippen molar-refractivity contribution in [2.24, 2.45) is 11.1 Å². The van der Waals surface area contributed by atoms with Crippen molar-refractivity contribution in [2.75, 3.05) is 11.9 Å². The fourth-order valence-corrected chi connectivity index (χ4v) is 2.93. The first-order chi connectivity index (χ1) is 9.18. The summed E-state index contributed by atoms with van der Waals surface area (Å²) >= 11 is 6.08. The van der Waals surface area contributed by atoms with E-state index in [2.05, 4.69) is 5.32 Å². The number of nitrogens with two attached hydrogens (primary N) is 1. The molecule has 1 aromatic rings. The van der Waals surface area contributed by atoms with E-state index in [1.807, 2.05) is 18.2 Å². The molecule has 0 radical (unpaired) electrons. The van der Waals surface area contributed by atoms with Crippen molar-refractivity contribution in [3.05, 3.63) is 29.3 Å². The normalized spacial score (nSPS) is 18.6. The molecule has 3 N–H and O–H groups in total. The minimum atomic E-state index is -0.421. The predicted octanol–water partition coefficient (Wildman–Crippen LogP) is 3.58. The highest BCUT2D eigenvalue weighted by Crippen LogP contribution is 2.36. The largest absolute Gasteiger partial charge is 0.329 e. The molecule has 1 fully saturated rings. The molecule has 0 atom stereocenters. The van der Waals surface area contributed by atoms with Crippen molar-refractivity contribution in [2.45, 2.75) is 38.5 Å². The van der Waals surface area contributed by atoms with Crippen LogP contribution in [0.25, 0.3) is 0 Å². The lowest BCUT2D eigenvalue weighted by molar-refractivity contribution is -0.125. The lowest BCUT2D eigenvalue weighted by Gasteiger charge is -2.30. The first-order valence-electron chi connectivity index (χ1n) is 6.94. The smallest absolute Gasteiger partial charge is 0.231 e. The monoisotopic (exact) mass is 280 g/mol. The zero-order valence-electron chi connectivity index (χ0n) is 11.1. The summed E-state index contributed by atoms with van der Waals surface area (Å²) in [6.07, 6.45) is 6.29. The minimum absolute atomic E-state index is 0.0185. The molecular weight excluding hydrogens is 260 g/mol. The molecule has 3 nitrogen and oxygen atoms in total. The second-order valence-electron chi connectivity index (χ2n) is 5.33. The van der Waals surface area contributed by atoms with E-state index in [0.29, 0.717) is 17.3 Å².